The molecule has 1 nitrogen and oxygen atoms in total. The molecule has 1 aromatic rings. The van der Waals surface area contributed by atoms with Crippen LogP contribution in [0.25, 0.3) is 0 Å². The van der Waals surface area contributed by atoms with Crippen molar-refractivity contribution in [3.8, 4) is 5.75 Å². The Morgan fingerprint density at radius 1 is 1.00 bits per heavy atom. The maximum absolute atomic E-state index is 9.48. The van der Waals surface area contributed by atoms with Crippen molar-refractivity contribution in [1.29, 1.82) is 0 Å². The van der Waals surface area contributed by atoms with Crippen LogP contribution in [-0.4, -0.2) is 16.6 Å². The monoisotopic (exact) mass is 270 g/mol. The van der Waals surface area contributed by atoms with Gasteiger partial charge in [-0.15, -0.1) is 23.5 Å². The Morgan fingerprint density at radius 2 is 1.82 bits per heavy atom. The lowest BCUT2D eigenvalue weighted by atomic mass is 10.2. The van der Waals surface area contributed by atoms with Gasteiger partial charge in [0.15, 0.2) is 0 Å². The highest BCUT2D eigenvalue weighted by Crippen LogP contribution is 2.33. The Balaban J connectivity index is 2.45. The van der Waals surface area contributed by atoms with Crippen molar-refractivity contribution < 1.29 is 5.11 Å². The second kappa shape index (κ2) is 8.76. The fraction of sp³-hybridized carbons (Fsp3) is 0.571. The van der Waals surface area contributed by atoms with Gasteiger partial charge in [-0.05, 0) is 36.1 Å². The van der Waals surface area contributed by atoms with E-state index in [1.165, 1.54) is 41.2 Å². The minimum Gasteiger partial charge on any atom is -0.508 e. The molecule has 0 aliphatic heterocycles. The zero-order valence-electron chi connectivity index (χ0n) is 10.7. The summed E-state index contributed by atoms with van der Waals surface area (Å²) in [5.41, 5.74) is 0. The summed E-state index contributed by atoms with van der Waals surface area (Å²) in [7, 11) is 0. The first-order valence-corrected chi connectivity index (χ1v) is 8.33. The van der Waals surface area contributed by atoms with Crippen LogP contribution in [0.4, 0.5) is 0 Å². The maximum Gasteiger partial charge on any atom is 0.116 e. The molecule has 0 saturated heterocycles. The third-order valence-electron chi connectivity index (χ3n) is 2.48. The number of rotatable bonds is 8. The fourth-order valence-corrected chi connectivity index (χ4v) is 3.61. The van der Waals surface area contributed by atoms with Gasteiger partial charge >= 0.3 is 0 Å². The molecule has 0 atom stereocenters. The van der Waals surface area contributed by atoms with Crippen molar-refractivity contribution >= 4 is 23.5 Å². The Kier molecular flexibility index (Phi) is 7.62. The van der Waals surface area contributed by atoms with Gasteiger partial charge in [0.2, 0.25) is 0 Å². The smallest absolute Gasteiger partial charge is 0.116 e. The van der Waals surface area contributed by atoms with Crippen molar-refractivity contribution in [2.24, 2.45) is 0 Å². The predicted octanol–water partition coefficient (Wildman–Crippen LogP) is 5.18. The molecule has 0 amide bonds. The van der Waals surface area contributed by atoms with Crippen LogP contribution >= 0.6 is 23.5 Å². The van der Waals surface area contributed by atoms with Crippen LogP contribution in [0.15, 0.2) is 28.0 Å². The summed E-state index contributed by atoms with van der Waals surface area (Å²) >= 11 is 3.72. The number of benzene rings is 1. The highest BCUT2D eigenvalue weighted by Gasteiger charge is 2.04. The Labute approximate surface area is 113 Å². The van der Waals surface area contributed by atoms with Crippen molar-refractivity contribution in [3.63, 3.8) is 0 Å². The standard InChI is InChI=1S/C14H22OS2/c1-3-5-6-7-10-17-13-9-8-12(15)11-14(13)16-4-2/h8-9,11,15H,3-7,10H2,1-2H3. The molecule has 96 valence electrons. The number of hydrogen-bond acceptors (Lipinski definition) is 3. The second-order valence-electron chi connectivity index (χ2n) is 3.97. The normalized spacial score (nSPS) is 10.7. The van der Waals surface area contributed by atoms with Gasteiger partial charge in [0.1, 0.15) is 5.75 Å². The number of phenolic OH excluding ortho intramolecular Hbond substituents is 1. The van der Waals surface area contributed by atoms with E-state index in [4.69, 9.17) is 0 Å². The minimum atomic E-state index is 0.372. The molecular weight excluding hydrogens is 248 g/mol. The van der Waals surface area contributed by atoms with E-state index in [9.17, 15) is 5.11 Å². The van der Waals surface area contributed by atoms with E-state index in [0.29, 0.717) is 5.75 Å². The molecule has 0 aromatic heterocycles. The van der Waals surface area contributed by atoms with E-state index in [0.717, 1.165) is 5.75 Å². The number of aromatic hydroxyl groups is 1. The lowest BCUT2D eigenvalue weighted by Gasteiger charge is -2.08. The SMILES string of the molecule is CCCCCCSc1ccc(O)cc1SCC. The van der Waals surface area contributed by atoms with E-state index < -0.39 is 0 Å². The summed E-state index contributed by atoms with van der Waals surface area (Å²) in [6.45, 7) is 4.38. The van der Waals surface area contributed by atoms with Crippen LogP contribution in [-0.2, 0) is 0 Å². The zero-order valence-corrected chi connectivity index (χ0v) is 12.4. The summed E-state index contributed by atoms with van der Waals surface area (Å²) < 4.78 is 0. The first kappa shape index (κ1) is 14.8. The first-order chi connectivity index (χ1) is 8.27. The van der Waals surface area contributed by atoms with Gasteiger partial charge in [0.05, 0.1) is 0 Å². The van der Waals surface area contributed by atoms with E-state index in [1.54, 1.807) is 17.8 Å². The van der Waals surface area contributed by atoms with Gasteiger partial charge in [-0.2, -0.15) is 0 Å². The van der Waals surface area contributed by atoms with Crippen LogP contribution in [0.5, 0.6) is 5.75 Å². The van der Waals surface area contributed by atoms with Crippen molar-refractivity contribution in [1.82, 2.24) is 0 Å². The first-order valence-electron chi connectivity index (χ1n) is 6.36. The van der Waals surface area contributed by atoms with Gasteiger partial charge in [-0.25, -0.2) is 0 Å². The summed E-state index contributed by atoms with van der Waals surface area (Å²) in [6, 6.07) is 5.70. The topological polar surface area (TPSA) is 20.2 Å². The van der Waals surface area contributed by atoms with Crippen molar-refractivity contribution in [2.75, 3.05) is 11.5 Å². The summed E-state index contributed by atoms with van der Waals surface area (Å²) in [5, 5.41) is 9.48. The summed E-state index contributed by atoms with van der Waals surface area (Å²) in [6.07, 6.45) is 5.25. The maximum atomic E-state index is 9.48. The van der Waals surface area contributed by atoms with Crippen LogP contribution in [0.2, 0.25) is 0 Å². The largest absolute Gasteiger partial charge is 0.508 e. The second-order valence-corrected chi connectivity index (χ2v) is 6.42. The zero-order chi connectivity index (χ0) is 12.5. The number of thioether (sulfide) groups is 2. The lowest BCUT2D eigenvalue weighted by Crippen LogP contribution is -1.84. The molecule has 0 fully saturated rings. The number of phenols is 1. The van der Waals surface area contributed by atoms with Crippen molar-refractivity contribution in [2.45, 2.75) is 49.3 Å². The van der Waals surface area contributed by atoms with E-state index >= 15 is 0 Å². The third kappa shape index (κ3) is 5.73. The van der Waals surface area contributed by atoms with E-state index in [-0.39, 0.29) is 0 Å². The van der Waals surface area contributed by atoms with Gasteiger partial charge in [-0.3, -0.25) is 0 Å². The quantitative estimate of drug-likeness (QED) is 0.519. The fourth-order valence-electron chi connectivity index (χ4n) is 1.60. The highest BCUT2D eigenvalue weighted by atomic mass is 32.2. The lowest BCUT2D eigenvalue weighted by molar-refractivity contribution is 0.473. The van der Waals surface area contributed by atoms with Gasteiger partial charge in [0, 0.05) is 9.79 Å². The molecule has 0 saturated carbocycles. The molecule has 17 heavy (non-hydrogen) atoms. The van der Waals surface area contributed by atoms with Crippen LogP contribution < -0.4 is 0 Å². The molecule has 0 radical (unpaired) electrons. The third-order valence-corrected chi connectivity index (χ3v) is 4.71. The highest BCUT2D eigenvalue weighted by molar-refractivity contribution is 8.02. The molecule has 0 bridgehead atoms. The molecular formula is C14H22OS2. The van der Waals surface area contributed by atoms with Gasteiger partial charge in [-0.1, -0.05) is 33.1 Å². The molecule has 3 heteroatoms. The number of hydrogen-bond donors (Lipinski definition) is 1. The average molecular weight is 270 g/mol. The van der Waals surface area contributed by atoms with Gasteiger partial charge in [0.25, 0.3) is 0 Å². The molecule has 0 spiro atoms. The number of unbranched alkanes of at least 4 members (excludes halogenated alkanes) is 3. The summed E-state index contributed by atoms with van der Waals surface area (Å²) in [5.74, 6) is 2.60. The Hall–Kier alpha value is -0.280. The molecule has 0 aliphatic carbocycles. The molecule has 0 aliphatic rings. The molecule has 1 rings (SSSR count). The molecule has 1 N–H and O–H groups in total. The van der Waals surface area contributed by atoms with Gasteiger partial charge < -0.3 is 5.11 Å². The Morgan fingerprint density at radius 3 is 2.53 bits per heavy atom. The van der Waals surface area contributed by atoms with Crippen LogP contribution in [0.1, 0.15) is 39.5 Å². The van der Waals surface area contributed by atoms with Crippen LogP contribution in [0, 0.1) is 0 Å². The molecule has 1 aromatic carbocycles. The van der Waals surface area contributed by atoms with E-state index in [2.05, 4.69) is 13.8 Å². The Bertz CT molecular complexity index is 326. The van der Waals surface area contributed by atoms with Crippen molar-refractivity contribution in [3.05, 3.63) is 18.2 Å². The summed E-state index contributed by atoms with van der Waals surface area (Å²) in [4.78, 5) is 2.53. The molecule has 0 unspecified atom stereocenters. The van der Waals surface area contributed by atoms with Crippen LogP contribution in [0.3, 0.4) is 0 Å². The molecule has 0 heterocycles. The predicted molar refractivity (Wildman–Crippen MR) is 79.4 cm³/mol. The van der Waals surface area contributed by atoms with E-state index in [1.807, 2.05) is 23.9 Å². The minimum absolute atomic E-state index is 0.372. The average Bonchev–Trinajstić information content (AvgIpc) is 2.32.